The molecular formula is C19H32O2S. The van der Waals surface area contributed by atoms with E-state index in [1.165, 1.54) is 44.9 Å². The lowest BCUT2D eigenvalue weighted by molar-refractivity contribution is -0.140. The number of rotatable bonds is 14. The van der Waals surface area contributed by atoms with Gasteiger partial charge >= 0.3 is 5.97 Å². The summed E-state index contributed by atoms with van der Waals surface area (Å²) in [7, 11) is 0. The number of carboxylic acids is 1. The standard InChI is InChI=1S/C19H32O2S/c1-3-4-5-6-7-8-9-10-13-16-22-17-14-11-12-15-18(2)19(20)21/h10,12-14,18H,3-9,15-17H2,1-2H3,(H,20,21)/b13-10-. The Labute approximate surface area is 140 Å². The molecule has 0 rings (SSSR count). The molecule has 0 aromatic rings. The average Bonchev–Trinajstić information content (AvgIpc) is 2.50. The van der Waals surface area contributed by atoms with Gasteiger partial charge in [0.15, 0.2) is 0 Å². The van der Waals surface area contributed by atoms with Crippen molar-refractivity contribution in [2.75, 3.05) is 11.5 Å². The minimum atomic E-state index is -0.747. The Morgan fingerprint density at radius 3 is 2.55 bits per heavy atom. The molecule has 0 saturated carbocycles. The van der Waals surface area contributed by atoms with Gasteiger partial charge in [-0.15, -0.1) is 5.73 Å². The fourth-order valence-electron chi connectivity index (χ4n) is 1.90. The van der Waals surface area contributed by atoms with Crippen LogP contribution in [0.25, 0.3) is 0 Å². The SMILES string of the molecule is CCCCCCCC/C=C\CSCC=C=CCC(C)C(=O)O. The molecule has 2 nitrogen and oxygen atoms in total. The second-order valence-electron chi connectivity index (χ2n) is 5.62. The first-order chi connectivity index (χ1) is 10.7. The first-order valence-electron chi connectivity index (χ1n) is 8.53. The Hall–Kier alpha value is -0.920. The molecule has 22 heavy (non-hydrogen) atoms. The van der Waals surface area contributed by atoms with Crippen LogP contribution in [0.1, 0.15) is 65.2 Å². The highest BCUT2D eigenvalue weighted by atomic mass is 32.2. The normalized spacial score (nSPS) is 12.1. The minimum absolute atomic E-state index is 0.321. The molecule has 0 aliphatic heterocycles. The Morgan fingerprint density at radius 1 is 1.09 bits per heavy atom. The molecule has 0 aromatic carbocycles. The lowest BCUT2D eigenvalue weighted by atomic mass is 10.1. The van der Waals surface area contributed by atoms with Crippen LogP contribution in [0.15, 0.2) is 30.0 Å². The largest absolute Gasteiger partial charge is 0.481 e. The summed E-state index contributed by atoms with van der Waals surface area (Å²) in [5.41, 5.74) is 3.05. The summed E-state index contributed by atoms with van der Waals surface area (Å²) in [6.07, 6.45) is 18.2. The van der Waals surface area contributed by atoms with Crippen molar-refractivity contribution in [3.05, 3.63) is 30.0 Å². The van der Waals surface area contributed by atoms with Crippen LogP contribution in [0, 0.1) is 5.92 Å². The van der Waals surface area contributed by atoms with Crippen LogP contribution in [0.2, 0.25) is 0 Å². The topological polar surface area (TPSA) is 37.3 Å². The molecule has 1 N–H and O–H groups in total. The molecule has 0 fully saturated rings. The van der Waals surface area contributed by atoms with E-state index in [1.54, 1.807) is 6.92 Å². The Bertz CT molecular complexity index is 354. The molecule has 0 aromatic heterocycles. The summed E-state index contributed by atoms with van der Waals surface area (Å²) >= 11 is 1.85. The molecule has 0 heterocycles. The number of allylic oxidation sites excluding steroid dienone is 1. The summed E-state index contributed by atoms with van der Waals surface area (Å²) in [4.78, 5) is 10.6. The number of hydrogen-bond acceptors (Lipinski definition) is 2. The lowest BCUT2D eigenvalue weighted by Gasteiger charge is -1.98. The number of carboxylic acid groups (broad SMARTS) is 1. The maximum atomic E-state index is 10.6. The van der Waals surface area contributed by atoms with Gasteiger partial charge in [0.05, 0.1) is 5.92 Å². The number of unbranched alkanes of at least 4 members (excludes halogenated alkanes) is 6. The fourth-order valence-corrected chi connectivity index (χ4v) is 2.52. The van der Waals surface area contributed by atoms with Crippen molar-refractivity contribution in [1.29, 1.82) is 0 Å². The molecule has 0 aliphatic rings. The van der Waals surface area contributed by atoms with Crippen molar-refractivity contribution < 1.29 is 9.90 Å². The third-order valence-corrected chi connectivity index (χ3v) is 4.27. The molecule has 1 unspecified atom stereocenters. The van der Waals surface area contributed by atoms with Crippen molar-refractivity contribution in [1.82, 2.24) is 0 Å². The summed E-state index contributed by atoms with van der Waals surface area (Å²) in [5, 5.41) is 8.73. The predicted octanol–water partition coefficient (Wildman–Crippen LogP) is 5.85. The van der Waals surface area contributed by atoms with Crippen molar-refractivity contribution in [3.8, 4) is 0 Å². The average molecular weight is 325 g/mol. The van der Waals surface area contributed by atoms with Crippen molar-refractivity contribution >= 4 is 17.7 Å². The van der Waals surface area contributed by atoms with Gasteiger partial charge in [-0.2, -0.15) is 11.8 Å². The van der Waals surface area contributed by atoms with E-state index < -0.39 is 5.97 Å². The highest BCUT2D eigenvalue weighted by Crippen LogP contribution is 2.08. The molecule has 0 spiro atoms. The second kappa shape index (κ2) is 16.5. The third kappa shape index (κ3) is 15.5. The molecule has 0 amide bonds. The van der Waals surface area contributed by atoms with Crippen molar-refractivity contribution in [2.24, 2.45) is 5.92 Å². The zero-order valence-corrected chi connectivity index (χ0v) is 15.0. The number of aliphatic carboxylic acids is 1. The molecule has 126 valence electrons. The van der Waals surface area contributed by atoms with Crippen LogP contribution >= 0.6 is 11.8 Å². The second-order valence-corrected chi connectivity index (χ2v) is 6.69. The summed E-state index contributed by atoms with van der Waals surface area (Å²) in [6.45, 7) is 3.96. The fraction of sp³-hybridized carbons (Fsp3) is 0.684. The lowest BCUT2D eigenvalue weighted by Crippen LogP contribution is -2.07. The van der Waals surface area contributed by atoms with Gasteiger partial charge in [0.1, 0.15) is 0 Å². The van der Waals surface area contributed by atoms with E-state index in [4.69, 9.17) is 5.11 Å². The highest BCUT2D eigenvalue weighted by Gasteiger charge is 2.06. The smallest absolute Gasteiger partial charge is 0.306 e. The van der Waals surface area contributed by atoms with Crippen LogP contribution in [0.5, 0.6) is 0 Å². The van der Waals surface area contributed by atoms with E-state index in [0.29, 0.717) is 6.42 Å². The maximum Gasteiger partial charge on any atom is 0.306 e. The van der Waals surface area contributed by atoms with Gasteiger partial charge in [-0.05, 0) is 31.4 Å². The first kappa shape index (κ1) is 21.1. The van der Waals surface area contributed by atoms with Crippen LogP contribution in [-0.4, -0.2) is 22.6 Å². The van der Waals surface area contributed by atoms with Crippen LogP contribution < -0.4 is 0 Å². The van der Waals surface area contributed by atoms with Gasteiger partial charge < -0.3 is 5.11 Å². The van der Waals surface area contributed by atoms with Crippen LogP contribution in [-0.2, 0) is 4.79 Å². The maximum absolute atomic E-state index is 10.6. The van der Waals surface area contributed by atoms with E-state index in [0.717, 1.165) is 11.5 Å². The monoisotopic (exact) mass is 324 g/mol. The van der Waals surface area contributed by atoms with Gasteiger partial charge in [-0.3, -0.25) is 4.79 Å². The van der Waals surface area contributed by atoms with Crippen molar-refractivity contribution in [3.63, 3.8) is 0 Å². The number of hydrogen-bond donors (Lipinski definition) is 1. The Balaban J connectivity index is 3.39. The predicted molar refractivity (Wildman–Crippen MR) is 98.5 cm³/mol. The molecule has 0 radical (unpaired) electrons. The number of thioether (sulfide) groups is 1. The molecule has 3 heteroatoms. The quantitative estimate of drug-likeness (QED) is 0.247. The van der Waals surface area contributed by atoms with Crippen LogP contribution in [0.3, 0.4) is 0 Å². The van der Waals surface area contributed by atoms with Crippen molar-refractivity contribution in [2.45, 2.75) is 65.2 Å². The van der Waals surface area contributed by atoms with E-state index in [2.05, 4.69) is 24.8 Å². The van der Waals surface area contributed by atoms with Gasteiger partial charge in [-0.25, -0.2) is 0 Å². The molecule has 0 saturated heterocycles. The van der Waals surface area contributed by atoms with Gasteiger partial charge in [0.25, 0.3) is 0 Å². The minimum Gasteiger partial charge on any atom is -0.481 e. The van der Waals surface area contributed by atoms with Gasteiger partial charge in [0.2, 0.25) is 0 Å². The number of carbonyl (C=O) groups is 1. The Kier molecular flexibility index (Phi) is 15.8. The summed E-state index contributed by atoms with van der Waals surface area (Å²) < 4.78 is 0. The van der Waals surface area contributed by atoms with E-state index >= 15 is 0 Å². The Morgan fingerprint density at radius 2 is 1.82 bits per heavy atom. The molecule has 0 aliphatic carbocycles. The zero-order chi connectivity index (χ0) is 16.5. The van der Waals surface area contributed by atoms with E-state index in [1.807, 2.05) is 23.9 Å². The molecular weight excluding hydrogens is 292 g/mol. The van der Waals surface area contributed by atoms with Gasteiger partial charge in [0, 0.05) is 11.5 Å². The summed E-state index contributed by atoms with van der Waals surface area (Å²) in [6, 6.07) is 0. The first-order valence-corrected chi connectivity index (χ1v) is 9.68. The van der Waals surface area contributed by atoms with E-state index in [-0.39, 0.29) is 5.92 Å². The summed E-state index contributed by atoms with van der Waals surface area (Å²) in [5.74, 6) is 0.903. The van der Waals surface area contributed by atoms with Crippen LogP contribution in [0.4, 0.5) is 0 Å². The highest BCUT2D eigenvalue weighted by molar-refractivity contribution is 7.99. The van der Waals surface area contributed by atoms with Gasteiger partial charge in [-0.1, -0.05) is 58.1 Å². The third-order valence-electron chi connectivity index (χ3n) is 3.43. The molecule has 1 atom stereocenters. The molecule has 0 bridgehead atoms. The van der Waals surface area contributed by atoms with E-state index in [9.17, 15) is 4.79 Å². The zero-order valence-electron chi connectivity index (χ0n) is 14.2.